The van der Waals surface area contributed by atoms with Crippen LogP contribution in [0.15, 0.2) is 53.7 Å². The smallest absolute Gasteiger partial charge is 0.226 e. The number of ketones is 1. The lowest BCUT2D eigenvalue weighted by atomic mass is 9.85. The number of nitrogens with one attached hydrogen (secondary N) is 1. The van der Waals surface area contributed by atoms with Gasteiger partial charge in [0.1, 0.15) is 17.5 Å². The third kappa shape index (κ3) is 3.26. The molecule has 31 heavy (non-hydrogen) atoms. The lowest BCUT2D eigenvalue weighted by Gasteiger charge is -2.32. The normalized spacial score (nSPS) is 17.6. The molecular formula is C24H24N4O3. The first kappa shape index (κ1) is 19.4. The minimum Gasteiger partial charge on any atom is -0.497 e. The molecule has 158 valence electrons. The highest BCUT2D eigenvalue weighted by atomic mass is 16.5. The summed E-state index contributed by atoms with van der Waals surface area (Å²) in [6.45, 7) is 2.05. The van der Waals surface area contributed by atoms with Gasteiger partial charge in [0.25, 0.3) is 0 Å². The molecule has 3 aromatic rings. The summed E-state index contributed by atoms with van der Waals surface area (Å²) in [5.41, 5.74) is 4.62. The summed E-state index contributed by atoms with van der Waals surface area (Å²) in [6, 6.07) is 13.4. The number of aromatic nitrogens is 3. The van der Waals surface area contributed by atoms with Crippen molar-refractivity contribution in [1.29, 1.82) is 0 Å². The first-order valence-electron chi connectivity index (χ1n) is 10.4. The van der Waals surface area contributed by atoms with Crippen LogP contribution in [0.2, 0.25) is 0 Å². The fraction of sp³-hybridized carbons (Fsp3) is 0.292. The topological polar surface area (TPSA) is 78.3 Å². The predicted molar refractivity (Wildman–Crippen MR) is 117 cm³/mol. The number of ether oxygens (including phenoxy) is 2. The molecule has 7 nitrogen and oxygen atoms in total. The maximum Gasteiger partial charge on any atom is 0.226 e. The highest BCUT2D eigenvalue weighted by Crippen LogP contribution is 2.44. The Morgan fingerprint density at radius 2 is 1.87 bits per heavy atom. The van der Waals surface area contributed by atoms with Gasteiger partial charge in [0.05, 0.1) is 14.2 Å². The maximum atomic E-state index is 13.0. The second-order valence-corrected chi connectivity index (χ2v) is 7.87. The van der Waals surface area contributed by atoms with Gasteiger partial charge in [-0.3, -0.25) is 4.79 Å². The Kier molecular flexibility index (Phi) is 4.73. The fourth-order valence-corrected chi connectivity index (χ4v) is 4.31. The standard InChI is InChI=1S/C24H24N4O3/c1-14-7-9-15(10-8-14)23-26-24-25-18-5-4-6-19(29)21(18)22(28(24)27-23)17-12-11-16(30-2)13-20(17)31-3/h7-13,22H,4-6H2,1-3H3,(H,25,26,27). The molecule has 2 heterocycles. The highest BCUT2D eigenvalue weighted by molar-refractivity contribution is 5.99. The highest BCUT2D eigenvalue weighted by Gasteiger charge is 2.38. The summed E-state index contributed by atoms with van der Waals surface area (Å²) in [4.78, 5) is 17.8. The lowest BCUT2D eigenvalue weighted by molar-refractivity contribution is -0.116. The summed E-state index contributed by atoms with van der Waals surface area (Å²) in [6.07, 6.45) is 2.17. The molecule has 0 spiro atoms. The van der Waals surface area contributed by atoms with Crippen LogP contribution in [0.1, 0.15) is 36.4 Å². The van der Waals surface area contributed by atoms with Crippen molar-refractivity contribution in [3.05, 3.63) is 64.9 Å². The molecule has 0 bridgehead atoms. The van der Waals surface area contributed by atoms with E-state index in [0.717, 1.165) is 35.2 Å². The number of hydrogen-bond acceptors (Lipinski definition) is 6. The third-order valence-corrected chi connectivity index (χ3v) is 5.91. The Bertz CT molecular complexity index is 1190. The predicted octanol–water partition coefficient (Wildman–Crippen LogP) is 4.29. The Balaban J connectivity index is 1.69. The number of rotatable bonds is 4. The summed E-state index contributed by atoms with van der Waals surface area (Å²) < 4.78 is 12.8. The van der Waals surface area contributed by atoms with Crippen LogP contribution in [0, 0.1) is 6.92 Å². The minimum atomic E-state index is -0.411. The summed E-state index contributed by atoms with van der Waals surface area (Å²) >= 11 is 0. The van der Waals surface area contributed by atoms with Crippen LogP contribution >= 0.6 is 0 Å². The molecule has 2 aromatic carbocycles. The zero-order chi connectivity index (χ0) is 21.5. The summed E-state index contributed by atoms with van der Waals surface area (Å²) in [5.74, 6) is 2.72. The van der Waals surface area contributed by atoms with Gasteiger partial charge in [0, 0.05) is 34.9 Å². The molecule has 1 N–H and O–H groups in total. The van der Waals surface area contributed by atoms with Crippen molar-refractivity contribution in [2.75, 3.05) is 19.5 Å². The molecular weight excluding hydrogens is 392 g/mol. The SMILES string of the molecule is COc1ccc(C2C3=C(CCCC3=O)Nc3nc(-c4ccc(C)cc4)nn32)c(OC)c1. The van der Waals surface area contributed by atoms with E-state index in [4.69, 9.17) is 19.6 Å². The van der Waals surface area contributed by atoms with Crippen LogP contribution in [-0.4, -0.2) is 34.8 Å². The van der Waals surface area contributed by atoms with Crippen molar-refractivity contribution in [2.24, 2.45) is 0 Å². The van der Waals surface area contributed by atoms with E-state index in [1.807, 2.05) is 54.1 Å². The molecule has 1 aliphatic carbocycles. The van der Waals surface area contributed by atoms with Crippen LogP contribution < -0.4 is 14.8 Å². The van der Waals surface area contributed by atoms with Crippen molar-refractivity contribution in [3.63, 3.8) is 0 Å². The van der Waals surface area contributed by atoms with Gasteiger partial charge < -0.3 is 14.8 Å². The number of fused-ring (bicyclic) bond motifs is 1. The number of hydrogen-bond donors (Lipinski definition) is 1. The number of aryl methyl sites for hydroxylation is 1. The van der Waals surface area contributed by atoms with Crippen LogP contribution in [0.25, 0.3) is 11.4 Å². The molecule has 0 saturated heterocycles. The molecule has 0 radical (unpaired) electrons. The van der Waals surface area contributed by atoms with E-state index in [0.29, 0.717) is 29.7 Å². The molecule has 0 fully saturated rings. The van der Waals surface area contributed by atoms with Crippen LogP contribution in [-0.2, 0) is 4.79 Å². The Morgan fingerprint density at radius 3 is 2.61 bits per heavy atom. The molecule has 0 amide bonds. The van der Waals surface area contributed by atoms with Crippen molar-refractivity contribution in [1.82, 2.24) is 14.8 Å². The van der Waals surface area contributed by atoms with Gasteiger partial charge in [0.2, 0.25) is 5.95 Å². The Hall–Kier alpha value is -3.61. The molecule has 7 heteroatoms. The maximum absolute atomic E-state index is 13.0. The van der Waals surface area contributed by atoms with Gasteiger partial charge >= 0.3 is 0 Å². The van der Waals surface area contributed by atoms with E-state index in [9.17, 15) is 4.79 Å². The third-order valence-electron chi connectivity index (χ3n) is 5.91. The number of carbonyl (C=O) groups is 1. The van der Waals surface area contributed by atoms with E-state index in [2.05, 4.69) is 5.32 Å². The quantitative estimate of drug-likeness (QED) is 0.684. The second kappa shape index (κ2) is 7.58. The number of benzene rings is 2. The molecule has 1 unspecified atom stereocenters. The van der Waals surface area contributed by atoms with Gasteiger partial charge in [-0.05, 0) is 31.9 Å². The number of nitrogens with zero attached hydrogens (tertiary/aromatic N) is 3. The Labute approximate surface area is 180 Å². The average molecular weight is 416 g/mol. The van der Waals surface area contributed by atoms with Gasteiger partial charge in [-0.2, -0.15) is 4.98 Å². The zero-order valence-electron chi connectivity index (χ0n) is 17.8. The van der Waals surface area contributed by atoms with E-state index in [-0.39, 0.29) is 5.78 Å². The van der Waals surface area contributed by atoms with Crippen molar-refractivity contribution < 1.29 is 14.3 Å². The van der Waals surface area contributed by atoms with Gasteiger partial charge in [0.15, 0.2) is 11.6 Å². The van der Waals surface area contributed by atoms with Crippen molar-refractivity contribution in [2.45, 2.75) is 32.2 Å². The number of carbonyl (C=O) groups excluding carboxylic acids is 1. The number of Topliss-reactive ketones (excluding diaryl/α,β-unsaturated/α-hetero) is 1. The zero-order valence-corrected chi connectivity index (χ0v) is 17.8. The van der Waals surface area contributed by atoms with Crippen LogP contribution in [0.4, 0.5) is 5.95 Å². The second-order valence-electron chi connectivity index (χ2n) is 7.87. The molecule has 1 aromatic heterocycles. The van der Waals surface area contributed by atoms with E-state index in [1.165, 1.54) is 5.56 Å². The number of allylic oxidation sites excluding steroid dienone is 2. The largest absolute Gasteiger partial charge is 0.497 e. The number of anilines is 1. The Morgan fingerprint density at radius 1 is 1.06 bits per heavy atom. The molecule has 2 aliphatic rings. The minimum absolute atomic E-state index is 0.134. The van der Waals surface area contributed by atoms with Gasteiger partial charge in [-0.1, -0.05) is 29.8 Å². The monoisotopic (exact) mass is 416 g/mol. The van der Waals surface area contributed by atoms with E-state index < -0.39 is 6.04 Å². The molecule has 5 rings (SSSR count). The van der Waals surface area contributed by atoms with Crippen molar-refractivity contribution >= 4 is 11.7 Å². The average Bonchev–Trinajstić information content (AvgIpc) is 3.21. The lowest BCUT2D eigenvalue weighted by Crippen LogP contribution is -2.31. The fourth-order valence-electron chi connectivity index (χ4n) is 4.31. The number of methoxy groups -OCH3 is 2. The van der Waals surface area contributed by atoms with E-state index in [1.54, 1.807) is 14.2 Å². The molecule has 1 atom stereocenters. The first-order chi connectivity index (χ1) is 15.1. The van der Waals surface area contributed by atoms with Crippen LogP contribution in [0.5, 0.6) is 11.5 Å². The van der Waals surface area contributed by atoms with Gasteiger partial charge in [-0.25, -0.2) is 4.68 Å². The van der Waals surface area contributed by atoms with Crippen LogP contribution in [0.3, 0.4) is 0 Å². The first-order valence-corrected chi connectivity index (χ1v) is 10.4. The molecule has 1 aliphatic heterocycles. The van der Waals surface area contributed by atoms with Gasteiger partial charge in [-0.15, -0.1) is 5.10 Å². The van der Waals surface area contributed by atoms with Crippen molar-refractivity contribution in [3.8, 4) is 22.9 Å². The summed E-state index contributed by atoms with van der Waals surface area (Å²) in [7, 11) is 3.24. The molecule has 0 saturated carbocycles. The summed E-state index contributed by atoms with van der Waals surface area (Å²) in [5, 5.41) is 8.20. The van der Waals surface area contributed by atoms with E-state index >= 15 is 0 Å².